The first kappa shape index (κ1) is 21.0. The van der Waals surface area contributed by atoms with Crippen LogP contribution in [0.4, 0.5) is 26.3 Å². The van der Waals surface area contributed by atoms with Gasteiger partial charge in [0.25, 0.3) is 0 Å². The van der Waals surface area contributed by atoms with Crippen LogP contribution in [0.15, 0.2) is 23.3 Å². The minimum atomic E-state index is -4.97. The van der Waals surface area contributed by atoms with Gasteiger partial charge in [-0.1, -0.05) is 18.6 Å². The monoisotopic (exact) mass is 348 g/mol. The smallest absolute Gasteiger partial charge is 0.423 e. The van der Waals surface area contributed by atoms with Gasteiger partial charge < -0.3 is 10.2 Å². The molecule has 0 radical (unpaired) electrons. The molecule has 0 unspecified atom stereocenters. The van der Waals surface area contributed by atoms with E-state index >= 15 is 0 Å². The minimum Gasteiger partial charge on any atom is -0.478 e. The van der Waals surface area contributed by atoms with E-state index in [9.17, 15) is 35.9 Å². The highest BCUT2D eigenvalue weighted by molar-refractivity contribution is 5.88. The first-order valence-electron chi connectivity index (χ1n) is 6.38. The molecule has 0 saturated heterocycles. The summed E-state index contributed by atoms with van der Waals surface area (Å²) in [4.78, 5) is 20.8. The second kappa shape index (κ2) is 8.59. The molecule has 0 aliphatic rings. The van der Waals surface area contributed by atoms with E-state index in [4.69, 9.17) is 10.2 Å². The number of allylic oxidation sites excluding steroid dienone is 2. The van der Waals surface area contributed by atoms with Gasteiger partial charge in [0.15, 0.2) is 0 Å². The number of hydrogen-bond donors (Lipinski definition) is 2. The van der Waals surface area contributed by atoms with Gasteiger partial charge in [0.2, 0.25) is 0 Å². The molecular formula is C13H14F6O4. The van der Waals surface area contributed by atoms with Crippen LogP contribution in [0.5, 0.6) is 0 Å². The van der Waals surface area contributed by atoms with Crippen LogP contribution in [-0.2, 0) is 9.59 Å². The fraction of sp³-hybridized carbons (Fsp3) is 0.538. The van der Waals surface area contributed by atoms with Crippen molar-refractivity contribution in [1.29, 1.82) is 0 Å². The van der Waals surface area contributed by atoms with Crippen molar-refractivity contribution in [3.63, 3.8) is 0 Å². The Hall–Kier alpha value is -2.00. The SMILES string of the molecule is O=C(O)C(=CCCCCCC=C(C(=O)O)C(F)(F)F)C(F)(F)F. The number of carboxylic acids is 2. The van der Waals surface area contributed by atoms with Crippen LogP contribution in [0.1, 0.15) is 32.1 Å². The standard InChI is InChI=1S/C13H14F6O4/c14-12(15,16)8(10(20)21)6-4-2-1-3-5-7-9(11(22)23)13(17,18)19/h6-7H,1-5H2,(H,20,21)(H,22,23). The van der Waals surface area contributed by atoms with Gasteiger partial charge in [-0.15, -0.1) is 0 Å². The van der Waals surface area contributed by atoms with E-state index in [0.717, 1.165) is 0 Å². The molecular weight excluding hydrogens is 334 g/mol. The summed E-state index contributed by atoms with van der Waals surface area (Å²) in [5.74, 6) is -4.20. The van der Waals surface area contributed by atoms with Crippen LogP contribution in [0.2, 0.25) is 0 Å². The Morgan fingerprint density at radius 3 is 1.22 bits per heavy atom. The van der Waals surface area contributed by atoms with Gasteiger partial charge in [-0.2, -0.15) is 26.3 Å². The minimum absolute atomic E-state index is 0.134. The molecule has 0 fully saturated rings. The van der Waals surface area contributed by atoms with Crippen molar-refractivity contribution < 1.29 is 46.1 Å². The lowest BCUT2D eigenvalue weighted by molar-refractivity contribution is -0.146. The predicted molar refractivity (Wildman–Crippen MR) is 66.6 cm³/mol. The summed E-state index contributed by atoms with van der Waals surface area (Å²) in [5, 5.41) is 16.8. The fourth-order valence-corrected chi connectivity index (χ4v) is 1.61. The number of halogens is 6. The number of rotatable bonds is 8. The van der Waals surface area contributed by atoms with E-state index in [1.807, 2.05) is 0 Å². The van der Waals surface area contributed by atoms with Gasteiger partial charge in [0.05, 0.1) is 0 Å². The second-order valence-electron chi connectivity index (χ2n) is 4.48. The summed E-state index contributed by atoms with van der Waals surface area (Å²) >= 11 is 0. The van der Waals surface area contributed by atoms with Crippen molar-refractivity contribution in [3.05, 3.63) is 23.3 Å². The molecule has 0 rings (SSSR count). The van der Waals surface area contributed by atoms with Crippen molar-refractivity contribution in [1.82, 2.24) is 0 Å². The molecule has 0 aliphatic heterocycles. The Morgan fingerprint density at radius 1 is 0.696 bits per heavy atom. The van der Waals surface area contributed by atoms with E-state index in [1.54, 1.807) is 0 Å². The molecule has 0 heterocycles. The fourth-order valence-electron chi connectivity index (χ4n) is 1.61. The Balaban J connectivity index is 4.34. The van der Waals surface area contributed by atoms with Crippen molar-refractivity contribution in [2.24, 2.45) is 0 Å². The zero-order valence-corrected chi connectivity index (χ0v) is 11.7. The van der Waals surface area contributed by atoms with Gasteiger partial charge in [0, 0.05) is 0 Å². The van der Waals surface area contributed by atoms with Gasteiger partial charge in [-0.05, 0) is 25.7 Å². The second-order valence-corrected chi connectivity index (χ2v) is 4.48. The van der Waals surface area contributed by atoms with Crippen molar-refractivity contribution >= 4 is 11.9 Å². The van der Waals surface area contributed by atoms with Gasteiger partial charge in [-0.3, -0.25) is 0 Å². The average molecular weight is 348 g/mol. The third kappa shape index (κ3) is 8.27. The van der Waals surface area contributed by atoms with Gasteiger partial charge >= 0.3 is 24.3 Å². The molecule has 0 amide bonds. The van der Waals surface area contributed by atoms with Crippen LogP contribution in [-0.4, -0.2) is 34.5 Å². The summed E-state index contributed by atoms with van der Waals surface area (Å²) in [6.45, 7) is 0. The van der Waals surface area contributed by atoms with E-state index in [1.165, 1.54) is 0 Å². The molecule has 10 heteroatoms. The Labute approximate surface area is 127 Å². The lowest BCUT2D eigenvalue weighted by atomic mass is 10.1. The highest BCUT2D eigenvalue weighted by Gasteiger charge is 2.39. The number of unbranched alkanes of at least 4 members (excludes halogenated alkanes) is 4. The molecule has 0 aromatic carbocycles. The average Bonchev–Trinajstić information content (AvgIpc) is 2.32. The summed E-state index contributed by atoms with van der Waals surface area (Å²) < 4.78 is 73.5. The molecule has 4 nitrogen and oxygen atoms in total. The van der Waals surface area contributed by atoms with Crippen molar-refractivity contribution in [2.45, 2.75) is 44.5 Å². The summed E-state index contributed by atoms with van der Waals surface area (Å²) in [7, 11) is 0. The zero-order chi connectivity index (χ0) is 18.3. The third-order valence-electron chi connectivity index (χ3n) is 2.68. The molecule has 0 aromatic heterocycles. The third-order valence-corrected chi connectivity index (χ3v) is 2.68. The zero-order valence-electron chi connectivity index (χ0n) is 11.7. The summed E-state index contributed by atoms with van der Waals surface area (Å²) in [6.07, 6.45) is -8.83. The highest BCUT2D eigenvalue weighted by atomic mass is 19.4. The lowest BCUT2D eigenvalue weighted by Crippen LogP contribution is -2.19. The Bertz CT molecular complexity index is 444. The molecule has 0 aliphatic carbocycles. The van der Waals surface area contributed by atoms with Crippen LogP contribution >= 0.6 is 0 Å². The number of aliphatic carboxylic acids is 2. The van der Waals surface area contributed by atoms with Crippen LogP contribution in [0.3, 0.4) is 0 Å². The van der Waals surface area contributed by atoms with Crippen molar-refractivity contribution in [3.8, 4) is 0 Å². The quantitative estimate of drug-likeness (QED) is 0.394. The van der Waals surface area contributed by atoms with E-state index in [-0.39, 0.29) is 32.1 Å². The maximum absolute atomic E-state index is 12.3. The largest absolute Gasteiger partial charge is 0.478 e. The summed E-state index contributed by atoms with van der Waals surface area (Å²) in [6, 6.07) is 0. The van der Waals surface area contributed by atoms with Crippen LogP contribution < -0.4 is 0 Å². The van der Waals surface area contributed by atoms with Gasteiger partial charge in [-0.25, -0.2) is 9.59 Å². The first-order chi connectivity index (χ1) is 10.4. The highest BCUT2D eigenvalue weighted by Crippen LogP contribution is 2.27. The first-order valence-corrected chi connectivity index (χ1v) is 6.38. The predicted octanol–water partition coefficient (Wildman–Crippen LogP) is 4.08. The Morgan fingerprint density at radius 2 is 1.00 bits per heavy atom. The molecule has 23 heavy (non-hydrogen) atoms. The number of alkyl halides is 6. The molecule has 132 valence electrons. The number of hydrogen-bond acceptors (Lipinski definition) is 2. The van der Waals surface area contributed by atoms with E-state index in [0.29, 0.717) is 12.2 Å². The molecule has 0 saturated carbocycles. The molecule has 2 N–H and O–H groups in total. The molecule has 0 aromatic rings. The van der Waals surface area contributed by atoms with Crippen LogP contribution in [0, 0.1) is 0 Å². The topological polar surface area (TPSA) is 74.6 Å². The van der Waals surface area contributed by atoms with E-state index < -0.39 is 35.4 Å². The lowest BCUT2D eigenvalue weighted by Gasteiger charge is -2.07. The maximum atomic E-state index is 12.3. The maximum Gasteiger partial charge on any atom is 0.423 e. The molecule has 0 atom stereocenters. The van der Waals surface area contributed by atoms with Crippen LogP contribution in [0.25, 0.3) is 0 Å². The Kier molecular flexibility index (Phi) is 7.84. The number of carbonyl (C=O) groups is 2. The van der Waals surface area contributed by atoms with Gasteiger partial charge in [0.1, 0.15) is 11.1 Å². The summed E-state index contributed by atoms with van der Waals surface area (Å²) in [5.41, 5.74) is -3.38. The van der Waals surface area contributed by atoms with E-state index in [2.05, 4.69) is 0 Å². The molecule has 0 bridgehead atoms. The van der Waals surface area contributed by atoms with Crippen molar-refractivity contribution in [2.75, 3.05) is 0 Å². The molecule has 0 spiro atoms. The normalized spacial score (nSPS) is 14.0. The number of carboxylic acid groups (broad SMARTS) is 2.